The van der Waals surface area contributed by atoms with Gasteiger partial charge in [0.25, 0.3) is 0 Å². The monoisotopic (exact) mass is 540 g/mol. The van der Waals surface area contributed by atoms with Gasteiger partial charge in [-0.15, -0.1) is 12.0 Å². The summed E-state index contributed by atoms with van der Waals surface area (Å²) in [6.07, 6.45) is 11.2. The van der Waals surface area contributed by atoms with E-state index in [1.807, 2.05) is 0 Å². The zero-order chi connectivity index (χ0) is 20.3. The average molecular weight is 542 g/mol. The number of unbranched alkanes of at least 4 members (excludes halogenated alkanes) is 2. The van der Waals surface area contributed by atoms with E-state index in [4.69, 9.17) is 0 Å². The first-order valence-electron chi connectivity index (χ1n) is 10.9. The summed E-state index contributed by atoms with van der Waals surface area (Å²) in [7, 11) is -1.32. The third kappa shape index (κ3) is 7.11. The Labute approximate surface area is 231 Å². The van der Waals surface area contributed by atoms with Crippen molar-refractivity contribution < 1.29 is 58.9 Å². The maximum absolute atomic E-state index is 3.82. The van der Waals surface area contributed by atoms with Crippen LogP contribution in [0.4, 0.5) is 0 Å². The molecule has 0 saturated carbocycles. The maximum atomic E-state index is 3.82. The van der Waals surface area contributed by atoms with Crippen LogP contribution >= 0.6 is 0 Å². The fraction of sp³-hybridized carbons (Fsp3) is 0.407. The quantitative estimate of drug-likeness (QED) is 0.209. The summed E-state index contributed by atoms with van der Waals surface area (Å²) in [5, 5.41) is 3.26. The van der Waals surface area contributed by atoms with Crippen LogP contribution in [0, 0.1) is 40.7 Å². The molecule has 172 valence electrons. The molecule has 0 aliphatic heterocycles. The number of hydrogen-bond donors (Lipinski definition) is 0. The Morgan fingerprint density at radius 3 is 1.84 bits per heavy atom. The van der Waals surface area contributed by atoms with Gasteiger partial charge in [-0.05, 0) is 62.4 Å². The van der Waals surface area contributed by atoms with Crippen LogP contribution in [0.1, 0.15) is 66.0 Å². The van der Waals surface area contributed by atoms with Crippen molar-refractivity contribution in [1.82, 2.24) is 0 Å². The normalized spacial score (nSPS) is 12.9. The summed E-state index contributed by atoms with van der Waals surface area (Å²) < 4.78 is 0. The van der Waals surface area contributed by atoms with E-state index >= 15 is 0 Å². The molecule has 0 nitrogen and oxygen atoms in total. The van der Waals surface area contributed by atoms with E-state index in [0.29, 0.717) is 0 Å². The van der Waals surface area contributed by atoms with Gasteiger partial charge in [0, 0.05) is 0 Å². The molecule has 0 spiro atoms. The predicted molar refractivity (Wildman–Crippen MR) is 127 cm³/mol. The van der Waals surface area contributed by atoms with Crippen molar-refractivity contribution in [3.8, 4) is 0 Å². The van der Waals surface area contributed by atoms with Crippen LogP contribution in [-0.2, 0) is 21.7 Å². The van der Waals surface area contributed by atoms with Crippen LogP contribution in [0.25, 0.3) is 5.57 Å². The van der Waals surface area contributed by atoms with Crippen LogP contribution in [0.2, 0.25) is 6.04 Å². The Morgan fingerprint density at radius 1 is 0.781 bits per heavy atom. The molecule has 0 heterocycles. The van der Waals surface area contributed by atoms with Gasteiger partial charge >= 0.3 is 21.7 Å². The van der Waals surface area contributed by atoms with Crippen LogP contribution in [0.3, 0.4) is 0 Å². The molecule has 0 N–H and O–H groups in total. The molecule has 0 saturated heterocycles. The molecule has 2 aromatic rings. The summed E-state index contributed by atoms with van der Waals surface area (Å²) in [5.74, 6) is 0. The number of hydrogen-bond acceptors (Lipinski definition) is 0. The second-order valence-corrected chi connectivity index (χ2v) is 11.2. The molecule has 0 bridgehead atoms. The van der Waals surface area contributed by atoms with E-state index < -0.39 is 8.80 Å². The maximum Gasteiger partial charge on any atom is 4.00 e. The molecule has 0 fully saturated rings. The first kappa shape index (κ1) is 33.9. The topological polar surface area (TPSA) is 0 Å². The van der Waals surface area contributed by atoms with Crippen LogP contribution in [-0.4, -0.2) is 8.80 Å². The van der Waals surface area contributed by atoms with Gasteiger partial charge in [0.2, 0.25) is 0 Å². The third-order valence-corrected chi connectivity index (χ3v) is 10.6. The largest absolute Gasteiger partial charge is 4.00 e. The minimum Gasteiger partial charge on any atom is -1.00 e. The molecule has 32 heavy (non-hydrogen) atoms. The standard InChI is InChI=1S/C27H35Si.3ClH.Ti/c1-7-8-12-18-28(27-22(5)20(3)19(2)21(4)23(27)6)26-17-13-16-25(26)24-14-10-9-11-15-24;;;;/h9-11,14-16,28H,7-8,12-13,18H2,1-6H3;3*1H;/q-1;;;;+4/p-3. The minimum absolute atomic E-state index is 0. The zero-order valence-corrected chi connectivity index (χ0v) is 25.2. The fourth-order valence-electron chi connectivity index (χ4n) is 4.75. The summed E-state index contributed by atoms with van der Waals surface area (Å²) >= 11 is 0. The van der Waals surface area contributed by atoms with Gasteiger partial charge in [-0.3, -0.25) is 6.08 Å². The molecule has 1 aliphatic carbocycles. The second kappa shape index (κ2) is 15.6. The van der Waals surface area contributed by atoms with E-state index in [2.05, 4.69) is 84.0 Å². The number of halogens is 3. The van der Waals surface area contributed by atoms with Gasteiger partial charge < -0.3 is 37.2 Å². The average Bonchev–Trinajstić information content (AvgIpc) is 3.20. The Balaban J connectivity index is 0. The number of benzene rings is 2. The first-order chi connectivity index (χ1) is 13.5. The van der Waals surface area contributed by atoms with Crippen molar-refractivity contribution in [2.45, 2.75) is 73.3 Å². The van der Waals surface area contributed by atoms with Gasteiger partial charge in [0.1, 0.15) is 0 Å². The zero-order valence-electron chi connectivity index (χ0n) is 20.2. The Morgan fingerprint density at radius 2 is 1.31 bits per heavy atom. The van der Waals surface area contributed by atoms with Gasteiger partial charge in [-0.2, -0.15) is 11.6 Å². The van der Waals surface area contributed by atoms with Gasteiger partial charge in [-0.25, -0.2) is 5.20 Å². The predicted octanol–water partition coefficient (Wildman–Crippen LogP) is -2.38. The molecule has 0 aromatic heterocycles. The van der Waals surface area contributed by atoms with Crippen molar-refractivity contribution in [2.75, 3.05) is 0 Å². The van der Waals surface area contributed by atoms with Gasteiger partial charge in [0.05, 0.1) is 8.80 Å². The Kier molecular flexibility index (Phi) is 16.5. The summed E-state index contributed by atoms with van der Waals surface area (Å²) in [4.78, 5) is 0. The summed E-state index contributed by atoms with van der Waals surface area (Å²) in [6.45, 7) is 14.0. The fourth-order valence-corrected chi connectivity index (χ4v) is 8.82. The molecule has 1 unspecified atom stereocenters. The van der Waals surface area contributed by atoms with Crippen molar-refractivity contribution in [1.29, 1.82) is 0 Å². The van der Waals surface area contributed by atoms with Crippen LogP contribution in [0.5, 0.6) is 0 Å². The summed E-state index contributed by atoms with van der Waals surface area (Å²) in [5.41, 5.74) is 10.4. The van der Waals surface area contributed by atoms with E-state index in [-0.39, 0.29) is 58.9 Å². The number of allylic oxidation sites excluding steroid dienone is 4. The van der Waals surface area contributed by atoms with Crippen LogP contribution in [0.15, 0.2) is 41.6 Å². The van der Waals surface area contributed by atoms with Crippen molar-refractivity contribution in [2.24, 2.45) is 0 Å². The van der Waals surface area contributed by atoms with Crippen molar-refractivity contribution in [3.05, 3.63) is 81.1 Å². The molecule has 1 atom stereocenters. The second-order valence-electron chi connectivity index (χ2n) is 8.37. The molecule has 3 rings (SSSR count). The molecule has 0 amide bonds. The van der Waals surface area contributed by atoms with Gasteiger partial charge in [-0.1, -0.05) is 67.7 Å². The van der Waals surface area contributed by atoms with E-state index in [1.54, 1.807) is 21.5 Å². The molecular formula is C27H35Cl3SiTi. The summed E-state index contributed by atoms with van der Waals surface area (Å²) in [6, 6.07) is 12.3. The first-order valence-corrected chi connectivity index (χ1v) is 12.9. The smallest absolute Gasteiger partial charge is 1.00 e. The molecule has 1 aliphatic rings. The molecule has 0 radical (unpaired) electrons. The molecular weight excluding hydrogens is 507 g/mol. The van der Waals surface area contributed by atoms with Crippen LogP contribution < -0.4 is 42.4 Å². The van der Waals surface area contributed by atoms with Crippen molar-refractivity contribution >= 4 is 19.6 Å². The van der Waals surface area contributed by atoms with Crippen molar-refractivity contribution in [3.63, 3.8) is 0 Å². The molecule has 5 heteroatoms. The SMILES string of the molecule is CCCCC[SiH](C1=[C-]CC=C1c1ccccc1)c1c(C)c(C)c(C)c(C)c1C.[Cl-].[Cl-].[Cl-].[Ti+4]. The molecule has 2 aromatic carbocycles. The van der Waals surface area contributed by atoms with E-state index in [1.165, 1.54) is 53.1 Å². The minimum atomic E-state index is -1.32. The number of rotatable bonds is 7. The third-order valence-electron chi connectivity index (χ3n) is 6.82. The van der Waals surface area contributed by atoms with Gasteiger partial charge in [0.15, 0.2) is 0 Å². The Hall–Kier alpha value is -0.279. The van der Waals surface area contributed by atoms with E-state index in [0.717, 1.165) is 6.42 Å². The Bertz CT molecular complexity index is 891. The van der Waals surface area contributed by atoms with E-state index in [9.17, 15) is 0 Å².